The summed E-state index contributed by atoms with van der Waals surface area (Å²) >= 11 is 6.31. The molecule has 1 atom stereocenters. The average molecular weight is 264 g/mol. The Kier molecular flexibility index (Phi) is 3.97. The molecule has 18 heavy (non-hydrogen) atoms. The second-order valence-corrected chi connectivity index (χ2v) is 4.94. The van der Waals surface area contributed by atoms with Gasteiger partial charge in [-0.25, -0.2) is 4.39 Å². The number of aryl methyl sites for hydroxylation is 2. The first kappa shape index (κ1) is 13.0. The molecule has 1 aromatic heterocycles. The van der Waals surface area contributed by atoms with Crippen LogP contribution in [0.25, 0.3) is 0 Å². The molecule has 0 saturated heterocycles. The van der Waals surface area contributed by atoms with Crippen LogP contribution in [0.4, 0.5) is 4.39 Å². The highest BCUT2D eigenvalue weighted by atomic mass is 35.5. The summed E-state index contributed by atoms with van der Waals surface area (Å²) in [5.74, 6) is -0.217. The highest BCUT2D eigenvalue weighted by molar-refractivity contribution is 6.20. The third-order valence-corrected chi connectivity index (χ3v) is 3.44. The van der Waals surface area contributed by atoms with Gasteiger partial charge in [-0.1, -0.05) is 24.3 Å². The zero-order valence-corrected chi connectivity index (χ0v) is 11.2. The fourth-order valence-electron chi connectivity index (χ4n) is 1.92. The lowest BCUT2D eigenvalue weighted by atomic mass is 10.0. The number of aromatic nitrogens is 1. The van der Waals surface area contributed by atoms with Crippen LogP contribution in [0.15, 0.2) is 36.5 Å². The predicted molar refractivity (Wildman–Crippen MR) is 72.4 cm³/mol. The Morgan fingerprint density at radius 1 is 1.17 bits per heavy atom. The van der Waals surface area contributed by atoms with Crippen LogP contribution in [0.1, 0.15) is 27.8 Å². The Labute approximate surface area is 112 Å². The molecule has 2 rings (SSSR count). The topological polar surface area (TPSA) is 12.9 Å². The highest BCUT2D eigenvalue weighted by Gasteiger charge is 2.16. The Bertz CT molecular complexity index is 554. The van der Waals surface area contributed by atoms with Gasteiger partial charge in [0, 0.05) is 23.9 Å². The zero-order chi connectivity index (χ0) is 13.1. The van der Waals surface area contributed by atoms with Crippen LogP contribution in [0.5, 0.6) is 0 Å². The SMILES string of the molecule is Cc1cccnc1CC(Cl)c1cccc(C)c1F. The molecule has 0 aliphatic heterocycles. The van der Waals surface area contributed by atoms with Crippen LogP contribution < -0.4 is 0 Å². The van der Waals surface area contributed by atoms with Gasteiger partial charge >= 0.3 is 0 Å². The van der Waals surface area contributed by atoms with E-state index < -0.39 is 5.38 Å². The van der Waals surface area contributed by atoms with Crippen LogP contribution in [0.2, 0.25) is 0 Å². The van der Waals surface area contributed by atoms with Crippen molar-refractivity contribution in [3.63, 3.8) is 0 Å². The number of halogens is 2. The molecule has 0 fully saturated rings. The minimum absolute atomic E-state index is 0.217. The van der Waals surface area contributed by atoms with Crippen molar-refractivity contribution < 1.29 is 4.39 Å². The number of nitrogens with zero attached hydrogens (tertiary/aromatic N) is 1. The molecule has 94 valence electrons. The van der Waals surface area contributed by atoms with Gasteiger partial charge in [0.05, 0.1) is 5.38 Å². The molecule has 0 aliphatic carbocycles. The summed E-state index contributed by atoms with van der Waals surface area (Å²) in [5, 5.41) is -0.390. The van der Waals surface area contributed by atoms with E-state index in [1.807, 2.05) is 25.1 Å². The third kappa shape index (κ3) is 2.70. The van der Waals surface area contributed by atoms with Crippen LogP contribution in [0.3, 0.4) is 0 Å². The fraction of sp³-hybridized carbons (Fsp3) is 0.267. The van der Waals surface area contributed by atoms with E-state index in [0.717, 1.165) is 11.3 Å². The molecule has 1 nitrogen and oxygen atoms in total. The van der Waals surface area contributed by atoms with E-state index >= 15 is 0 Å². The molecule has 0 bridgehead atoms. The van der Waals surface area contributed by atoms with Crippen molar-refractivity contribution >= 4 is 11.6 Å². The molecule has 1 aromatic carbocycles. The number of benzene rings is 1. The average Bonchev–Trinajstić information content (AvgIpc) is 2.35. The van der Waals surface area contributed by atoms with Crippen molar-refractivity contribution in [1.29, 1.82) is 0 Å². The van der Waals surface area contributed by atoms with Crippen molar-refractivity contribution in [3.05, 3.63) is 64.7 Å². The Hall–Kier alpha value is -1.41. The van der Waals surface area contributed by atoms with Gasteiger partial charge in [-0.05, 0) is 31.0 Å². The summed E-state index contributed by atoms with van der Waals surface area (Å²) in [7, 11) is 0. The molecular weight excluding hydrogens is 249 g/mol. The second kappa shape index (κ2) is 5.49. The lowest BCUT2D eigenvalue weighted by Gasteiger charge is -2.13. The van der Waals surface area contributed by atoms with Gasteiger partial charge in [-0.3, -0.25) is 4.98 Å². The van der Waals surface area contributed by atoms with E-state index in [2.05, 4.69) is 4.98 Å². The smallest absolute Gasteiger partial charge is 0.130 e. The molecular formula is C15H15ClFN. The van der Waals surface area contributed by atoms with Crippen molar-refractivity contribution in [2.45, 2.75) is 25.6 Å². The number of pyridine rings is 1. The van der Waals surface area contributed by atoms with Crippen LogP contribution in [-0.2, 0) is 6.42 Å². The van der Waals surface area contributed by atoms with Crippen LogP contribution in [-0.4, -0.2) is 4.98 Å². The Morgan fingerprint density at radius 3 is 2.61 bits per heavy atom. The summed E-state index contributed by atoms with van der Waals surface area (Å²) in [4.78, 5) is 4.29. The summed E-state index contributed by atoms with van der Waals surface area (Å²) < 4.78 is 14.0. The van der Waals surface area contributed by atoms with E-state index in [0.29, 0.717) is 17.5 Å². The molecule has 0 radical (unpaired) electrons. The molecule has 0 N–H and O–H groups in total. The van der Waals surface area contributed by atoms with E-state index in [9.17, 15) is 4.39 Å². The normalized spacial score (nSPS) is 12.4. The van der Waals surface area contributed by atoms with Gasteiger partial charge in [0.1, 0.15) is 5.82 Å². The molecule has 0 amide bonds. The third-order valence-electron chi connectivity index (χ3n) is 3.05. The summed E-state index contributed by atoms with van der Waals surface area (Å²) in [6.45, 7) is 3.73. The lowest BCUT2D eigenvalue weighted by Crippen LogP contribution is -2.03. The first-order valence-corrected chi connectivity index (χ1v) is 6.33. The van der Waals surface area contributed by atoms with Crippen molar-refractivity contribution in [3.8, 4) is 0 Å². The minimum atomic E-state index is -0.390. The van der Waals surface area contributed by atoms with E-state index in [4.69, 9.17) is 11.6 Å². The van der Waals surface area contributed by atoms with Gasteiger partial charge < -0.3 is 0 Å². The van der Waals surface area contributed by atoms with Gasteiger partial charge in [0.15, 0.2) is 0 Å². The van der Waals surface area contributed by atoms with E-state index in [-0.39, 0.29) is 5.82 Å². The number of hydrogen-bond donors (Lipinski definition) is 0. The van der Waals surface area contributed by atoms with Crippen LogP contribution in [0, 0.1) is 19.7 Å². The summed E-state index contributed by atoms with van der Waals surface area (Å²) in [6, 6.07) is 9.18. The Morgan fingerprint density at radius 2 is 1.89 bits per heavy atom. The maximum Gasteiger partial charge on any atom is 0.130 e. The predicted octanol–water partition coefficient (Wildman–Crippen LogP) is 4.36. The molecule has 0 spiro atoms. The molecule has 0 saturated carbocycles. The van der Waals surface area contributed by atoms with Crippen molar-refractivity contribution in [2.24, 2.45) is 0 Å². The van der Waals surface area contributed by atoms with Crippen LogP contribution >= 0.6 is 11.6 Å². The molecule has 3 heteroatoms. The fourth-order valence-corrected chi connectivity index (χ4v) is 2.24. The molecule has 1 unspecified atom stereocenters. The van der Waals surface area contributed by atoms with Gasteiger partial charge in [-0.2, -0.15) is 0 Å². The first-order chi connectivity index (χ1) is 8.59. The maximum atomic E-state index is 14.0. The van der Waals surface area contributed by atoms with Gasteiger partial charge in [0.25, 0.3) is 0 Å². The highest BCUT2D eigenvalue weighted by Crippen LogP contribution is 2.28. The number of rotatable bonds is 3. The lowest BCUT2D eigenvalue weighted by molar-refractivity contribution is 0.596. The standard InChI is InChI=1S/C15H15ClFN/c1-10-6-4-8-18-14(10)9-13(16)12-7-3-5-11(2)15(12)17/h3-8,13H,9H2,1-2H3. The van der Waals surface area contributed by atoms with Gasteiger partial charge in [-0.15, -0.1) is 11.6 Å². The second-order valence-electron chi connectivity index (χ2n) is 4.42. The van der Waals surface area contributed by atoms with Crippen molar-refractivity contribution in [2.75, 3.05) is 0 Å². The van der Waals surface area contributed by atoms with E-state index in [1.165, 1.54) is 0 Å². The minimum Gasteiger partial charge on any atom is -0.261 e. The summed E-state index contributed by atoms with van der Waals surface area (Å²) in [5.41, 5.74) is 3.16. The number of alkyl halides is 1. The van der Waals surface area contributed by atoms with Crippen molar-refractivity contribution in [1.82, 2.24) is 4.98 Å². The number of hydrogen-bond acceptors (Lipinski definition) is 1. The van der Waals surface area contributed by atoms with E-state index in [1.54, 1.807) is 25.3 Å². The summed E-state index contributed by atoms with van der Waals surface area (Å²) in [6.07, 6.45) is 2.27. The molecule has 2 aromatic rings. The molecule has 1 heterocycles. The quantitative estimate of drug-likeness (QED) is 0.750. The Balaban J connectivity index is 2.25. The largest absolute Gasteiger partial charge is 0.261 e. The van der Waals surface area contributed by atoms with Gasteiger partial charge in [0.2, 0.25) is 0 Å². The zero-order valence-electron chi connectivity index (χ0n) is 10.5. The maximum absolute atomic E-state index is 14.0. The monoisotopic (exact) mass is 263 g/mol. The first-order valence-electron chi connectivity index (χ1n) is 5.89. The molecule has 0 aliphatic rings.